The molecule has 0 radical (unpaired) electrons. The molecule has 2 rings (SSSR count). The maximum Gasteiger partial charge on any atom is 0.222 e. The Morgan fingerprint density at radius 1 is 1.17 bits per heavy atom. The number of alkyl halides is 1. The van der Waals surface area contributed by atoms with Crippen molar-refractivity contribution in [3.05, 3.63) is 51.9 Å². The fourth-order valence-electron chi connectivity index (χ4n) is 1.61. The Bertz CT molecular complexity index is 475. The second-order valence-electron chi connectivity index (χ2n) is 3.91. The molecule has 3 nitrogen and oxygen atoms in total. The van der Waals surface area contributed by atoms with Crippen LogP contribution in [0.4, 0.5) is 5.95 Å². The highest BCUT2D eigenvalue weighted by Gasteiger charge is 2.09. The lowest BCUT2D eigenvalue weighted by Crippen LogP contribution is -2.25. The first-order valence-electron chi connectivity index (χ1n) is 5.62. The van der Waals surface area contributed by atoms with Gasteiger partial charge in [-0.1, -0.05) is 30.3 Å². The van der Waals surface area contributed by atoms with Gasteiger partial charge in [-0.15, -0.1) is 11.6 Å². The van der Waals surface area contributed by atoms with Crippen LogP contribution in [0.15, 0.2) is 42.7 Å². The van der Waals surface area contributed by atoms with Gasteiger partial charge in [-0.2, -0.15) is 0 Å². The van der Waals surface area contributed by atoms with Crippen molar-refractivity contribution in [3.8, 4) is 0 Å². The smallest absolute Gasteiger partial charge is 0.222 e. The minimum Gasteiger partial charge on any atom is -0.350 e. The van der Waals surface area contributed by atoms with Crippen molar-refractivity contribution in [3.63, 3.8) is 0 Å². The number of hydrogen-bond donors (Lipinski definition) is 1. The molecule has 5 heteroatoms. The number of aromatic nitrogens is 2. The zero-order valence-electron chi connectivity index (χ0n) is 9.68. The number of nitrogens with zero attached hydrogens (tertiary/aromatic N) is 2. The van der Waals surface area contributed by atoms with Crippen molar-refractivity contribution in [1.82, 2.24) is 9.97 Å². The van der Waals surface area contributed by atoms with Gasteiger partial charge in [-0.3, -0.25) is 0 Å². The molecule has 0 fully saturated rings. The van der Waals surface area contributed by atoms with Crippen LogP contribution in [-0.2, 0) is 6.42 Å². The largest absolute Gasteiger partial charge is 0.350 e. The van der Waals surface area contributed by atoms with E-state index in [0.717, 1.165) is 9.99 Å². The van der Waals surface area contributed by atoms with E-state index in [1.54, 1.807) is 12.4 Å². The van der Waals surface area contributed by atoms with Gasteiger partial charge in [0, 0.05) is 27.9 Å². The topological polar surface area (TPSA) is 37.8 Å². The van der Waals surface area contributed by atoms with Crippen molar-refractivity contribution in [2.75, 3.05) is 11.2 Å². The number of benzene rings is 1. The van der Waals surface area contributed by atoms with Gasteiger partial charge in [-0.05, 0) is 34.6 Å². The number of anilines is 1. The molecule has 0 saturated carbocycles. The summed E-state index contributed by atoms with van der Waals surface area (Å²) < 4.78 is 1.02. The van der Waals surface area contributed by atoms with E-state index in [2.05, 4.69) is 50.0 Å². The Morgan fingerprint density at radius 3 is 2.44 bits per heavy atom. The van der Waals surface area contributed by atoms with Gasteiger partial charge in [0.1, 0.15) is 0 Å². The molecule has 1 atom stereocenters. The Balaban J connectivity index is 1.99. The molecule has 1 heterocycles. The van der Waals surface area contributed by atoms with Gasteiger partial charge in [0.2, 0.25) is 5.95 Å². The number of rotatable bonds is 5. The summed E-state index contributed by atoms with van der Waals surface area (Å²) >= 11 is 8.16. The third-order valence-electron chi connectivity index (χ3n) is 2.46. The molecule has 0 bridgehead atoms. The molecular formula is C13H13ClIN3. The van der Waals surface area contributed by atoms with E-state index in [1.165, 1.54) is 5.56 Å². The fourth-order valence-corrected chi connectivity index (χ4v) is 2.08. The predicted octanol–water partition coefficient (Wildman–Crippen LogP) is 3.34. The number of halogens is 2. The zero-order chi connectivity index (χ0) is 12.8. The first-order chi connectivity index (χ1) is 8.78. The summed E-state index contributed by atoms with van der Waals surface area (Å²) in [6, 6.07) is 10.4. The highest BCUT2D eigenvalue weighted by atomic mass is 127. The van der Waals surface area contributed by atoms with Crippen molar-refractivity contribution in [2.24, 2.45) is 0 Å². The summed E-state index contributed by atoms with van der Waals surface area (Å²) in [6.45, 7) is 0. The van der Waals surface area contributed by atoms with Crippen LogP contribution in [-0.4, -0.2) is 21.9 Å². The molecule has 94 valence electrons. The number of hydrogen-bond acceptors (Lipinski definition) is 3. The van der Waals surface area contributed by atoms with Gasteiger partial charge in [0.15, 0.2) is 0 Å². The minimum absolute atomic E-state index is 0.133. The first kappa shape index (κ1) is 13.5. The standard InChI is InChI=1S/C13H13ClIN3/c14-7-12(6-10-4-2-1-3-5-10)18-13-16-8-11(15)9-17-13/h1-5,8-9,12H,6-7H2,(H,16,17,18). The van der Waals surface area contributed by atoms with Crippen LogP contribution in [0.25, 0.3) is 0 Å². The van der Waals surface area contributed by atoms with Crippen LogP contribution in [0.2, 0.25) is 0 Å². The summed E-state index contributed by atoms with van der Waals surface area (Å²) in [4.78, 5) is 8.44. The summed E-state index contributed by atoms with van der Waals surface area (Å²) in [5.41, 5.74) is 1.25. The highest BCUT2D eigenvalue weighted by molar-refractivity contribution is 14.1. The third-order valence-corrected chi connectivity index (χ3v) is 3.39. The Hall–Kier alpha value is -0.880. The highest BCUT2D eigenvalue weighted by Crippen LogP contribution is 2.09. The maximum absolute atomic E-state index is 5.98. The quantitative estimate of drug-likeness (QED) is 0.645. The Labute approximate surface area is 125 Å². The molecule has 1 aromatic heterocycles. The summed E-state index contributed by atoms with van der Waals surface area (Å²) in [6.07, 6.45) is 4.42. The van der Waals surface area contributed by atoms with Crippen LogP contribution in [0.3, 0.4) is 0 Å². The summed E-state index contributed by atoms with van der Waals surface area (Å²) in [7, 11) is 0. The lowest BCUT2D eigenvalue weighted by molar-refractivity contribution is 0.783. The van der Waals surface area contributed by atoms with Crippen LogP contribution < -0.4 is 5.32 Å². The molecule has 1 aromatic carbocycles. The van der Waals surface area contributed by atoms with Crippen LogP contribution in [0.5, 0.6) is 0 Å². The molecule has 1 unspecified atom stereocenters. The van der Waals surface area contributed by atoms with Crippen LogP contribution in [0, 0.1) is 3.57 Å². The molecule has 0 spiro atoms. The molecule has 1 N–H and O–H groups in total. The summed E-state index contributed by atoms with van der Waals surface area (Å²) in [5, 5.41) is 3.25. The van der Waals surface area contributed by atoms with E-state index in [9.17, 15) is 0 Å². The lowest BCUT2D eigenvalue weighted by Gasteiger charge is -2.15. The van der Waals surface area contributed by atoms with Gasteiger partial charge in [0.25, 0.3) is 0 Å². The van der Waals surface area contributed by atoms with Crippen LogP contribution >= 0.6 is 34.2 Å². The summed E-state index contributed by atoms with van der Waals surface area (Å²) in [5.74, 6) is 1.14. The molecule has 0 aliphatic heterocycles. The second-order valence-corrected chi connectivity index (χ2v) is 5.46. The zero-order valence-corrected chi connectivity index (χ0v) is 12.6. The van der Waals surface area contributed by atoms with E-state index < -0.39 is 0 Å². The third kappa shape index (κ3) is 4.10. The van der Waals surface area contributed by atoms with Gasteiger partial charge >= 0.3 is 0 Å². The average Bonchev–Trinajstić information content (AvgIpc) is 2.41. The van der Waals surface area contributed by atoms with E-state index >= 15 is 0 Å². The average molecular weight is 374 g/mol. The SMILES string of the molecule is ClCC(Cc1ccccc1)Nc1ncc(I)cn1. The maximum atomic E-state index is 5.98. The molecule has 18 heavy (non-hydrogen) atoms. The molecule has 2 aromatic rings. The van der Waals surface area contributed by atoms with E-state index in [1.807, 2.05) is 18.2 Å². The molecule has 0 aliphatic carbocycles. The predicted molar refractivity (Wildman–Crippen MR) is 83.0 cm³/mol. The second kappa shape index (κ2) is 6.89. The van der Waals surface area contributed by atoms with Crippen molar-refractivity contribution in [1.29, 1.82) is 0 Å². The molecule has 0 aliphatic rings. The first-order valence-corrected chi connectivity index (χ1v) is 7.23. The van der Waals surface area contributed by atoms with E-state index in [4.69, 9.17) is 11.6 Å². The lowest BCUT2D eigenvalue weighted by atomic mass is 10.1. The normalized spacial score (nSPS) is 12.1. The Kier molecular flexibility index (Phi) is 5.19. The van der Waals surface area contributed by atoms with E-state index in [0.29, 0.717) is 11.8 Å². The minimum atomic E-state index is 0.133. The fraction of sp³-hybridized carbons (Fsp3) is 0.231. The van der Waals surface area contributed by atoms with Gasteiger partial charge < -0.3 is 5.32 Å². The molecule has 0 saturated heterocycles. The van der Waals surface area contributed by atoms with Gasteiger partial charge in [0.05, 0.1) is 0 Å². The molecule has 0 amide bonds. The van der Waals surface area contributed by atoms with E-state index in [-0.39, 0.29) is 6.04 Å². The number of nitrogens with one attached hydrogen (secondary N) is 1. The van der Waals surface area contributed by atoms with Gasteiger partial charge in [-0.25, -0.2) is 9.97 Å². The monoisotopic (exact) mass is 373 g/mol. The van der Waals surface area contributed by atoms with Crippen LogP contribution in [0.1, 0.15) is 5.56 Å². The molecular weight excluding hydrogens is 361 g/mol. The van der Waals surface area contributed by atoms with Crippen molar-refractivity contribution >= 4 is 40.1 Å². The van der Waals surface area contributed by atoms with Crippen molar-refractivity contribution < 1.29 is 0 Å². The van der Waals surface area contributed by atoms with Crippen molar-refractivity contribution in [2.45, 2.75) is 12.5 Å². The Morgan fingerprint density at radius 2 is 1.83 bits per heavy atom.